The van der Waals surface area contributed by atoms with Gasteiger partial charge < -0.3 is 4.74 Å². The van der Waals surface area contributed by atoms with Crippen LogP contribution in [0.5, 0.6) is 0 Å². The molecule has 0 aromatic rings. The van der Waals surface area contributed by atoms with Crippen molar-refractivity contribution >= 4 is 21.6 Å². The summed E-state index contributed by atoms with van der Waals surface area (Å²) in [7, 11) is -1.60. The first-order valence-electron chi connectivity index (χ1n) is 4.68. The van der Waals surface area contributed by atoms with Gasteiger partial charge in [0.05, 0.1) is 11.9 Å². The Hall–Kier alpha value is 0.160. The standard InChI is InChI=1S/C8H16ClNO3S/c1-10(14(11,12)6-4-9)7-8-3-2-5-13-8/h8H,2-7H2,1H3. The monoisotopic (exact) mass is 241 g/mol. The zero-order valence-electron chi connectivity index (χ0n) is 8.28. The molecule has 1 saturated heterocycles. The fraction of sp³-hybridized carbons (Fsp3) is 1.00. The first-order valence-corrected chi connectivity index (χ1v) is 6.82. The molecule has 0 amide bonds. The largest absolute Gasteiger partial charge is 0.377 e. The lowest BCUT2D eigenvalue weighted by atomic mass is 10.2. The number of alkyl halides is 1. The number of rotatable bonds is 5. The molecule has 1 aliphatic rings. The summed E-state index contributed by atoms with van der Waals surface area (Å²) in [4.78, 5) is 0. The van der Waals surface area contributed by atoms with Crippen molar-refractivity contribution in [3.05, 3.63) is 0 Å². The van der Waals surface area contributed by atoms with Gasteiger partial charge in [-0.3, -0.25) is 0 Å². The fourth-order valence-corrected chi connectivity index (χ4v) is 2.93. The predicted molar refractivity (Wildman–Crippen MR) is 56.1 cm³/mol. The number of halogens is 1. The molecule has 1 atom stereocenters. The van der Waals surface area contributed by atoms with Crippen LogP contribution in [-0.2, 0) is 14.8 Å². The molecule has 1 unspecified atom stereocenters. The van der Waals surface area contributed by atoms with E-state index >= 15 is 0 Å². The number of likely N-dealkylation sites (N-methyl/N-ethyl adjacent to an activating group) is 1. The van der Waals surface area contributed by atoms with E-state index in [9.17, 15) is 8.42 Å². The Morgan fingerprint density at radius 1 is 1.57 bits per heavy atom. The highest BCUT2D eigenvalue weighted by Crippen LogP contribution is 2.14. The molecule has 0 N–H and O–H groups in total. The summed E-state index contributed by atoms with van der Waals surface area (Å²) < 4.78 is 29.7. The van der Waals surface area contributed by atoms with Crippen LogP contribution in [0.3, 0.4) is 0 Å². The fourth-order valence-electron chi connectivity index (χ4n) is 1.44. The Labute approximate surface area is 90.2 Å². The Morgan fingerprint density at radius 3 is 2.79 bits per heavy atom. The van der Waals surface area contributed by atoms with Gasteiger partial charge >= 0.3 is 0 Å². The number of sulfonamides is 1. The third-order valence-electron chi connectivity index (χ3n) is 2.29. The van der Waals surface area contributed by atoms with E-state index in [1.807, 2.05) is 0 Å². The van der Waals surface area contributed by atoms with Crippen molar-refractivity contribution < 1.29 is 13.2 Å². The zero-order chi connectivity index (χ0) is 10.6. The molecule has 0 aromatic carbocycles. The Balaban J connectivity index is 2.43. The van der Waals surface area contributed by atoms with E-state index in [1.165, 1.54) is 4.31 Å². The van der Waals surface area contributed by atoms with Gasteiger partial charge in [0.25, 0.3) is 0 Å². The van der Waals surface area contributed by atoms with Crippen LogP contribution in [0.1, 0.15) is 12.8 Å². The van der Waals surface area contributed by atoms with Gasteiger partial charge in [0.15, 0.2) is 0 Å². The molecule has 4 nitrogen and oxygen atoms in total. The van der Waals surface area contributed by atoms with Crippen LogP contribution in [0.25, 0.3) is 0 Å². The molecule has 1 rings (SSSR count). The van der Waals surface area contributed by atoms with Gasteiger partial charge in [0, 0.05) is 26.1 Å². The van der Waals surface area contributed by atoms with E-state index < -0.39 is 10.0 Å². The minimum atomic E-state index is -3.18. The SMILES string of the molecule is CN(CC1CCCO1)S(=O)(=O)CCCl. The summed E-state index contributed by atoms with van der Waals surface area (Å²) in [5, 5.41) is 0. The lowest BCUT2D eigenvalue weighted by Gasteiger charge is -2.19. The van der Waals surface area contributed by atoms with Crippen LogP contribution in [0.2, 0.25) is 0 Å². The van der Waals surface area contributed by atoms with Gasteiger partial charge in [-0.1, -0.05) is 0 Å². The van der Waals surface area contributed by atoms with Crippen molar-refractivity contribution in [2.45, 2.75) is 18.9 Å². The highest BCUT2D eigenvalue weighted by atomic mass is 35.5. The normalized spacial score (nSPS) is 23.2. The first-order chi connectivity index (χ1) is 6.56. The maximum absolute atomic E-state index is 11.5. The van der Waals surface area contributed by atoms with E-state index in [0.29, 0.717) is 6.54 Å². The minimum absolute atomic E-state index is 0.00221. The third-order valence-corrected chi connectivity index (χ3v) is 4.53. The third kappa shape index (κ3) is 3.38. The van der Waals surface area contributed by atoms with Gasteiger partial charge in [-0.2, -0.15) is 0 Å². The molecule has 1 fully saturated rings. The van der Waals surface area contributed by atoms with E-state index in [-0.39, 0.29) is 17.7 Å². The lowest BCUT2D eigenvalue weighted by Crippen LogP contribution is -2.35. The van der Waals surface area contributed by atoms with Gasteiger partial charge in [0.1, 0.15) is 0 Å². The van der Waals surface area contributed by atoms with Crippen molar-refractivity contribution in [2.75, 3.05) is 31.8 Å². The first kappa shape index (κ1) is 12.2. The van der Waals surface area contributed by atoms with E-state index in [1.54, 1.807) is 7.05 Å². The van der Waals surface area contributed by atoms with Crippen LogP contribution >= 0.6 is 11.6 Å². The zero-order valence-corrected chi connectivity index (χ0v) is 9.85. The van der Waals surface area contributed by atoms with E-state index in [4.69, 9.17) is 16.3 Å². The summed E-state index contributed by atoms with van der Waals surface area (Å²) in [5.41, 5.74) is 0. The Kier molecular flexibility index (Phi) is 4.63. The van der Waals surface area contributed by atoms with Gasteiger partial charge in [-0.15, -0.1) is 11.6 Å². The van der Waals surface area contributed by atoms with Crippen molar-refractivity contribution in [1.29, 1.82) is 0 Å². The Morgan fingerprint density at radius 2 is 2.29 bits per heavy atom. The summed E-state index contributed by atoms with van der Waals surface area (Å²) in [6, 6.07) is 0. The van der Waals surface area contributed by atoms with Crippen molar-refractivity contribution in [3.8, 4) is 0 Å². The Bertz CT molecular complexity index is 262. The second-order valence-corrected chi connectivity index (χ2v) is 5.99. The summed E-state index contributed by atoms with van der Waals surface area (Å²) in [6.07, 6.45) is 2.03. The molecule has 0 aliphatic carbocycles. The lowest BCUT2D eigenvalue weighted by molar-refractivity contribution is 0.0979. The topological polar surface area (TPSA) is 46.6 Å². The number of ether oxygens (including phenoxy) is 1. The maximum atomic E-state index is 11.5. The van der Waals surface area contributed by atoms with Crippen LogP contribution in [-0.4, -0.2) is 50.7 Å². The van der Waals surface area contributed by atoms with Crippen molar-refractivity contribution in [2.24, 2.45) is 0 Å². The highest BCUT2D eigenvalue weighted by molar-refractivity contribution is 7.89. The highest BCUT2D eigenvalue weighted by Gasteiger charge is 2.23. The van der Waals surface area contributed by atoms with Gasteiger partial charge in [0.2, 0.25) is 10.0 Å². The summed E-state index contributed by atoms with van der Waals surface area (Å²) in [5.74, 6) is 0.135. The molecule has 0 aromatic heterocycles. The average molecular weight is 242 g/mol. The number of hydrogen-bond donors (Lipinski definition) is 0. The van der Waals surface area contributed by atoms with Crippen LogP contribution in [0.4, 0.5) is 0 Å². The molecule has 1 heterocycles. The van der Waals surface area contributed by atoms with E-state index in [0.717, 1.165) is 19.4 Å². The minimum Gasteiger partial charge on any atom is -0.377 e. The van der Waals surface area contributed by atoms with Crippen molar-refractivity contribution in [1.82, 2.24) is 4.31 Å². The molecule has 0 saturated carbocycles. The second-order valence-electron chi connectivity index (χ2n) is 3.42. The number of nitrogens with zero attached hydrogens (tertiary/aromatic N) is 1. The molecule has 6 heteroatoms. The maximum Gasteiger partial charge on any atom is 0.215 e. The number of hydrogen-bond acceptors (Lipinski definition) is 3. The molecule has 84 valence electrons. The molecule has 0 spiro atoms. The summed E-state index contributed by atoms with van der Waals surface area (Å²) in [6.45, 7) is 1.19. The van der Waals surface area contributed by atoms with Gasteiger partial charge in [-0.05, 0) is 12.8 Å². The van der Waals surface area contributed by atoms with Crippen LogP contribution < -0.4 is 0 Å². The molecular formula is C8H16ClNO3S. The van der Waals surface area contributed by atoms with Crippen LogP contribution in [0, 0.1) is 0 Å². The quantitative estimate of drug-likeness (QED) is 0.665. The second kappa shape index (κ2) is 5.30. The van der Waals surface area contributed by atoms with Crippen LogP contribution in [0.15, 0.2) is 0 Å². The van der Waals surface area contributed by atoms with Crippen molar-refractivity contribution in [3.63, 3.8) is 0 Å². The molecule has 0 bridgehead atoms. The van der Waals surface area contributed by atoms with E-state index in [2.05, 4.69) is 0 Å². The summed E-state index contributed by atoms with van der Waals surface area (Å²) >= 11 is 5.41. The molecule has 1 aliphatic heterocycles. The molecule has 0 radical (unpaired) electrons. The van der Waals surface area contributed by atoms with Gasteiger partial charge in [-0.25, -0.2) is 12.7 Å². The predicted octanol–water partition coefficient (Wildman–Crippen LogP) is 0.666. The molecule has 14 heavy (non-hydrogen) atoms. The average Bonchev–Trinajstić information content (AvgIpc) is 2.56. The smallest absolute Gasteiger partial charge is 0.215 e. The molecular weight excluding hydrogens is 226 g/mol.